The van der Waals surface area contributed by atoms with Crippen LogP contribution in [0.15, 0.2) is 150 Å². The molecule has 0 spiro atoms. The Labute approximate surface area is 255 Å². The van der Waals surface area contributed by atoms with E-state index in [2.05, 4.69) is 162 Å². The van der Waals surface area contributed by atoms with Crippen LogP contribution < -0.4 is 10.2 Å². The van der Waals surface area contributed by atoms with Gasteiger partial charge in [-0.1, -0.05) is 127 Å². The fraction of sp³-hybridized carbons (Fsp3) is 0.0244. The van der Waals surface area contributed by atoms with E-state index < -0.39 is 0 Å². The van der Waals surface area contributed by atoms with E-state index in [0.717, 1.165) is 46.0 Å². The van der Waals surface area contributed by atoms with E-state index >= 15 is 0 Å². The molecule has 8 aromatic rings. The van der Waals surface area contributed by atoms with Crippen LogP contribution in [0.1, 0.15) is 5.56 Å². The molecule has 1 N–H and O–H groups in total. The maximum Gasteiger partial charge on any atom is 0.201 e. The molecule has 9 rings (SSSR count). The number of nitrogens with zero attached hydrogens (tertiary/aromatic N) is 1. The standard InChI is InChI=1S/C41H28N2O/c1-2-10-27(11-3-1)28-21-23-31(24-22-28)43(37-18-8-16-35-36-17-9-25-42-41(36)44-40(35)37)38-26-30-20-19-29-12-4-5-13-32(29)39(30)34-15-7-6-14-33(34)38/h1-24,26,42H,25H2. The zero-order valence-electron chi connectivity index (χ0n) is 24.0. The zero-order valence-corrected chi connectivity index (χ0v) is 24.0. The van der Waals surface area contributed by atoms with Gasteiger partial charge < -0.3 is 14.6 Å². The maximum absolute atomic E-state index is 6.59. The predicted molar refractivity (Wildman–Crippen MR) is 186 cm³/mol. The van der Waals surface area contributed by atoms with Crippen molar-refractivity contribution in [3.8, 4) is 11.1 Å². The van der Waals surface area contributed by atoms with E-state index in [1.807, 2.05) is 0 Å². The minimum Gasteiger partial charge on any atom is -0.438 e. The molecule has 1 aliphatic rings. The van der Waals surface area contributed by atoms with Gasteiger partial charge in [-0.3, -0.25) is 0 Å². The summed E-state index contributed by atoms with van der Waals surface area (Å²) in [5.41, 5.74) is 7.54. The summed E-state index contributed by atoms with van der Waals surface area (Å²) < 4.78 is 6.59. The normalized spacial score (nSPS) is 12.5. The van der Waals surface area contributed by atoms with Gasteiger partial charge in [0, 0.05) is 28.6 Å². The number of hydrogen-bond donors (Lipinski definition) is 1. The second-order valence-electron chi connectivity index (χ2n) is 11.4. The summed E-state index contributed by atoms with van der Waals surface area (Å²) in [6.07, 6.45) is 4.31. The van der Waals surface area contributed by atoms with Crippen LogP contribution in [0.3, 0.4) is 0 Å². The summed E-state index contributed by atoms with van der Waals surface area (Å²) in [6.45, 7) is 0.760. The molecule has 0 aliphatic carbocycles. The molecule has 0 bridgehead atoms. The maximum atomic E-state index is 6.59. The number of anilines is 4. The first kappa shape index (κ1) is 24.8. The third-order valence-corrected chi connectivity index (χ3v) is 8.84. The SMILES string of the molecule is C1=Cc2c(oc3c(N(c4ccc(-c5ccccc5)cc4)c4cc5ccc6ccccc6c5c5ccccc45)cccc23)NC1. The lowest BCUT2D eigenvalue weighted by Crippen LogP contribution is -2.11. The van der Waals surface area contributed by atoms with E-state index in [1.54, 1.807) is 0 Å². The molecule has 0 saturated heterocycles. The van der Waals surface area contributed by atoms with Crippen molar-refractivity contribution in [2.45, 2.75) is 0 Å². The summed E-state index contributed by atoms with van der Waals surface area (Å²) in [7, 11) is 0. The van der Waals surface area contributed by atoms with Crippen LogP contribution >= 0.6 is 0 Å². The highest BCUT2D eigenvalue weighted by atomic mass is 16.4. The lowest BCUT2D eigenvalue weighted by atomic mass is 9.94. The Hall–Kier alpha value is -5.80. The van der Waals surface area contributed by atoms with Crippen molar-refractivity contribution in [1.82, 2.24) is 0 Å². The Morgan fingerprint density at radius 1 is 0.545 bits per heavy atom. The summed E-state index contributed by atoms with van der Waals surface area (Å²) >= 11 is 0. The first-order valence-corrected chi connectivity index (χ1v) is 15.1. The van der Waals surface area contributed by atoms with E-state index in [0.29, 0.717) is 0 Å². The molecular weight excluding hydrogens is 536 g/mol. The van der Waals surface area contributed by atoms with E-state index in [-0.39, 0.29) is 0 Å². The number of benzene rings is 7. The largest absolute Gasteiger partial charge is 0.438 e. The van der Waals surface area contributed by atoms with Gasteiger partial charge >= 0.3 is 0 Å². The van der Waals surface area contributed by atoms with Gasteiger partial charge in [-0.15, -0.1) is 0 Å². The third kappa shape index (κ3) is 3.83. The van der Waals surface area contributed by atoms with Crippen molar-refractivity contribution < 1.29 is 4.42 Å². The number of nitrogens with one attached hydrogen (secondary N) is 1. The molecule has 3 nitrogen and oxygen atoms in total. The Morgan fingerprint density at radius 3 is 2.11 bits per heavy atom. The molecule has 1 aliphatic heterocycles. The summed E-state index contributed by atoms with van der Waals surface area (Å²) in [4.78, 5) is 2.37. The van der Waals surface area contributed by atoms with Crippen molar-refractivity contribution in [2.75, 3.05) is 16.8 Å². The van der Waals surface area contributed by atoms with Crippen molar-refractivity contribution in [2.24, 2.45) is 0 Å². The van der Waals surface area contributed by atoms with E-state index in [4.69, 9.17) is 4.42 Å². The van der Waals surface area contributed by atoms with Gasteiger partial charge in [0.15, 0.2) is 5.58 Å². The average molecular weight is 565 g/mol. The molecule has 7 aromatic carbocycles. The Balaban J connectivity index is 1.35. The van der Waals surface area contributed by atoms with Crippen LogP contribution in [0.4, 0.5) is 22.9 Å². The van der Waals surface area contributed by atoms with Gasteiger partial charge in [0.1, 0.15) is 0 Å². The minimum atomic E-state index is 0.760. The third-order valence-electron chi connectivity index (χ3n) is 8.84. The van der Waals surface area contributed by atoms with Crippen LogP contribution in [0.5, 0.6) is 0 Å². The van der Waals surface area contributed by atoms with Crippen LogP contribution in [-0.2, 0) is 0 Å². The van der Waals surface area contributed by atoms with E-state index in [9.17, 15) is 0 Å². The average Bonchev–Trinajstić information content (AvgIpc) is 3.48. The molecule has 1 aromatic heterocycles. The van der Waals surface area contributed by atoms with Gasteiger partial charge in [-0.05, 0) is 62.3 Å². The van der Waals surface area contributed by atoms with Crippen molar-refractivity contribution in [1.29, 1.82) is 0 Å². The van der Waals surface area contributed by atoms with Gasteiger partial charge in [-0.2, -0.15) is 0 Å². The lowest BCUT2D eigenvalue weighted by Gasteiger charge is -2.28. The molecular formula is C41H28N2O. The molecule has 0 unspecified atom stereocenters. The highest BCUT2D eigenvalue weighted by Crippen LogP contribution is 2.47. The van der Waals surface area contributed by atoms with Crippen molar-refractivity contribution in [3.05, 3.63) is 151 Å². The lowest BCUT2D eigenvalue weighted by molar-refractivity contribution is 0.628. The Bertz CT molecular complexity index is 2380. The molecule has 3 heteroatoms. The van der Waals surface area contributed by atoms with Crippen LogP contribution in [0, 0.1) is 0 Å². The quantitative estimate of drug-likeness (QED) is 0.216. The number of rotatable bonds is 4. The second kappa shape index (κ2) is 9.89. The highest BCUT2D eigenvalue weighted by Gasteiger charge is 2.24. The topological polar surface area (TPSA) is 28.4 Å². The van der Waals surface area contributed by atoms with E-state index in [1.165, 1.54) is 43.4 Å². The zero-order chi connectivity index (χ0) is 29.0. The number of furan rings is 1. The molecule has 44 heavy (non-hydrogen) atoms. The van der Waals surface area contributed by atoms with Gasteiger partial charge in [0.25, 0.3) is 0 Å². The number of fused-ring (bicyclic) bond motifs is 8. The monoisotopic (exact) mass is 564 g/mol. The number of hydrogen-bond acceptors (Lipinski definition) is 3. The summed E-state index contributed by atoms with van der Waals surface area (Å²) in [6, 6.07) is 50.2. The summed E-state index contributed by atoms with van der Waals surface area (Å²) in [5.74, 6) is 0.823. The van der Waals surface area contributed by atoms with Crippen LogP contribution in [0.2, 0.25) is 0 Å². The molecule has 0 radical (unpaired) electrons. The molecule has 0 saturated carbocycles. The fourth-order valence-corrected chi connectivity index (χ4v) is 6.81. The van der Waals surface area contributed by atoms with Crippen molar-refractivity contribution >= 4 is 72.3 Å². The first-order chi connectivity index (χ1) is 21.8. The highest BCUT2D eigenvalue weighted by molar-refractivity contribution is 6.24. The summed E-state index contributed by atoms with van der Waals surface area (Å²) in [5, 5.41) is 12.0. The Kier molecular flexibility index (Phi) is 5.57. The smallest absolute Gasteiger partial charge is 0.201 e. The van der Waals surface area contributed by atoms with Crippen LogP contribution in [0.25, 0.3) is 60.5 Å². The van der Waals surface area contributed by atoms with Gasteiger partial charge in [0.2, 0.25) is 5.88 Å². The molecule has 0 atom stereocenters. The van der Waals surface area contributed by atoms with Gasteiger partial charge in [0.05, 0.1) is 11.4 Å². The van der Waals surface area contributed by atoms with Crippen LogP contribution in [-0.4, -0.2) is 6.54 Å². The fourth-order valence-electron chi connectivity index (χ4n) is 6.81. The van der Waals surface area contributed by atoms with Gasteiger partial charge in [-0.25, -0.2) is 0 Å². The minimum absolute atomic E-state index is 0.760. The van der Waals surface area contributed by atoms with Crippen molar-refractivity contribution in [3.63, 3.8) is 0 Å². The number of para-hydroxylation sites is 1. The molecule has 0 amide bonds. The predicted octanol–water partition coefficient (Wildman–Crippen LogP) is 11.5. The molecule has 208 valence electrons. The second-order valence-corrected chi connectivity index (χ2v) is 11.4. The first-order valence-electron chi connectivity index (χ1n) is 15.1. The molecule has 0 fully saturated rings. The Morgan fingerprint density at radius 2 is 1.25 bits per heavy atom. The molecule has 2 heterocycles.